The number of nitrogens with zero attached hydrogens (tertiary/aromatic N) is 2. The van der Waals surface area contributed by atoms with Crippen molar-refractivity contribution in [3.8, 4) is 6.07 Å². The second-order valence-electron chi connectivity index (χ2n) is 0.931. The predicted octanol–water partition coefficient (Wildman–Crippen LogP) is 1.57. The van der Waals surface area contributed by atoms with Crippen molar-refractivity contribution in [1.82, 2.24) is 0 Å². The maximum atomic E-state index is 7.90. The molecule has 0 rings (SSSR count). The minimum Gasteiger partial charge on any atom is -0.512 e. The molecule has 0 heterocycles. The first kappa shape index (κ1) is 9.87. The van der Waals surface area contributed by atoms with Crippen LogP contribution in [0, 0.1) is 23.2 Å². The van der Waals surface area contributed by atoms with E-state index in [1.807, 2.05) is 25.1 Å². The van der Waals surface area contributed by atoms with Crippen molar-refractivity contribution in [3.05, 3.63) is 18.7 Å². The Bertz CT molecular complexity index is 105. The fraction of sp³-hybridized carbons (Fsp3) is 0.333. The van der Waals surface area contributed by atoms with E-state index in [1.54, 1.807) is 0 Å². The summed E-state index contributed by atoms with van der Waals surface area (Å²) in [4.78, 5) is 0. The van der Waals surface area contributed by atoms with E-state index < -0.39 is 0 Å². The van der Waals surface area contributed by atoms with Gasteiger partial charge in [-0.15, -0.1) is 0 Å². The van der Waals surface area contributed by atoms with E-state index in [1.165, 1.54) is 0 Å². The fourth-order valence-corrected chi connectivity index (χ4v) is 0.171. The van der Waals surface area contributed by atoms with Crippen molar-refractivity contribution in [3.63, 3.8) is 0 Å². The van der Waals surface area contributed by atoms with E-state index in [-0.39, 0.29) is 0 Å². The highest BCUT2D eigenvalue weighted by Crippen LogP contribution is 1.74. The van der Waals surface area contributed by atoms with Gasteiger partial charge >= 0.3 is 0 Å². The van der Waals surface area contributed by atoms with Gasteiger partial charge in [0.25, 0.3) is 0 Å². The summed E-state index contributed by atoms with van der Waals surface area (Å²) in [6, 6.07) is 1.98. The maximum absolute atomic E-state index is 7.90. The zero-order valence-electron chi connectivity index (χ0n) is 4.76. The molecule has 0 spiro atoms. The van der Waals surface area contributed by atoms with Crippen LogP contribution < -0.4 is 0 Å². The number of rotatable bonds is 1. The van der Waals surface area contributed by atoms with Crippen LogP contribution in [-0.2, 0) is 0 Å². The molecule has 0 aromatic heterocycles. The van der Waals surface area contributed by atoms with Crippen LogP contribution in [0.1, 0.15) is 13.3 Å². The molecule has 0 aliphatic heterocycles. The van der Waals surface area contributed by atoms with Crippen LogP contribution in [0.3, 0.4) is 0 Å². The van der Waals surface area contributed by atoms with E-state index in [0.717, 1.165) is 0 Å². The van der Waals surface area contributed by atoms with Crippen molar-refractivity contribution in [2.45, 2.75) is 13.3 Å². The van der Waals surface area contributed by atoms with E-state index in [2.05, 4.69) is 0 Å². The largest absolute Gasteiger partial charge is 0.512 e. The highest BCUT2D eigenvalue weighted by atomic mass is 14.2. The molecule has 0 radical (unpaired) electrons. The second-order valence-corrected chi connectivity index (χ2v) is 0.931. The van der Waals surface area contributed by atoms with Crippen LogP contribution in [-0.4, -0.2) is 0 Å². The first-order valence-corrected chi connectivity index (χ1v) is 2.12. The number of hydrogen-bond acceptors (Lipinski definition) is 2. The zero-order chi connectivity index (χ0) is 6.83. The first-order valence-electron chi connectivity index (χ1n) is 2.12. The molecule has 2 heteroatoms. The first-order chi connectivity index (χ1) is 3.91. The molecule has 0 aromatic rings. The number of allylic oxidation sites excluding steroid dienone is 2. The summed E-state index contributed by atoms with van der Waals surface area (Å²) in [6.45, 7) is 6.65. The van der Waals surface area contributed by atoms with E-state index in [0.29, 0.717) is 6.42 Å². The Labute approximate surface area is 49.7 Å². The molecular formula is C6H7N2-. The molecule has 0 N–H and O–H groups in total. The smallest absolute Gasteiger partial charge is 0.0663 e. The van der Waals surface area contributed by atoms with Crippen LogP contribution in [0.2, 0.25) is 0 Å². The summed E-state index contributed by atoms with van der Waals surface area (Å²) in [7, 11) is 0. The summed E-state index contributed by atoms with van der Waals surface area (Å²) in [5, 5.41) is 14.1. The van der Waals surface area contributed by atoms with Crippen molar-refractivity contribution >= 4 is 0 Å². The Kier molecular flexibility index (Phi) is 21.2. The fourth-order valence-electron chi connectivity index (χ4n) is 0.171. The van der Waals surface area contributed by atoms with Gasteiger partial charge in [-0.3, -0.25) is 0 Å². The molecule has 42 valence electrons. The second kappa shape index (κ2) is 17.2. The van der Waals surface area contributed by atoms with Crippen LogP contribution in [0.25, 0.3) is 0 Å². The van der Waals surface area contributed by atoms with Crippen molar-refractivity contribution in [2.24, 2.45) is 0 Å². The van der Waals surface area contributed by atoms with Gasteiger partial charge in [-0.05, 0) is 6.92 Å². The quantitative estimate of drug-likeness (QED) is 0.377. The molecule has 0 unspecified atom stereocenters. The van der Waals surface area contributed by atoms with E-state index in [9.17, 15) is 0 Å². The molecule has 0 bridgehead atoms. The van der Waals surface area contributed by atoms with Crippen LogP contribution in [0.5, 0.6) is 0 Å². The highest BCUT2D eigenvalue weighted by Gasteiger charge is 1.61. The Balaban J connectivity index is 0. The van der Waals surface area contributed by atoms with Crippen molar-refractivity contribution < 1.29 is 0 Å². The van der Waals surface area contributed by atoms with Crippen LogP contribution in [0.15, 0.2) is 12.2 Å². The predicted molar refractivity (Wildman–Crippen MR) is 30.0 cm³/mol. The van der Waals surface area contributed by atoms with E-state index >= 15 is 0 Å². The number of nitriles is 1. The summed E-state index contributed by atoms with van der Waals surface area (Å²) in [5.74, 6) is 0. The third-order valence-corrected chi connectivity index (χ3v) is 0.445. The summed E-state index contributed by atoms with van der Waals surface area (Å²) in [5.41, 5.74) is 0. The molecule has 0 saturated heterocycles. The third kappa shape index (κ3) is 22.1. The minimum absolute atomic E-state index is 0.538. The lowest BCUT2D eigenvalue weighted by molar-refractivity contribution is 1.34. The average Bonchev–Trinajstić information content (AvgIpc) is 1.88. The molecule has 2 nitrogen and oxygen atoms in total. The van der Waals surface area contributed by atoms with Crippen LogP contribution >= 0.6 is 0 Å². The average molecular weight is 107 g/mol. The third-order valence-electron chi connectivity index (χ3n) is 0.445. The van der Waals surface area contributed by atoms with Gasteiger partial charge in [-0.2, -0.15) is 5.26 Å². The summed E-state index contributed by atoms with van der Waals surface area (Å²) < 4.78 is 0. The molecular weight excluding hydrogens is 100 g/mol. The molecule has 0 aliphatic carbocycles. The zero-order valence-corrected chi connectivity index (χ0v) is 4.76. The molecule has 0 fully saturated rings. The maximum Gasteiger partial charge on any atom is 0.0663 e. The Hall–Kier alpha value is -1.28. The van der Waals surface area contributed by atoms with Gasteiger partial charge in [0.1, 0.15) is 0 Å². The van der Waals surface area contributed by atoms with Crippen molar-refractivity contribution in [1.29, 1.82) is 10.5 Å². The summed E-state index contributed by atoms with van der Waals surface area (Å²) in [6.07, 6.45) is 4.22. The van der Waals surface area contributed by atoms with Gasteiger partial charge < -0.3 is 11.8 Å². The minimum atomic E-state index is 0.538. The topological polar surface area (TPSA) is 47.6 Å². The highest BCUT2D eigenvalue weighted by molar-refractivity contribution is 4.87. The Morgan fingerprint density at radius 3 is 2.25 bits per heavy atom. The van der Waals surface area contributed by atoms with Gasteiger partial charge in [0, 0.05) is 0 Å². The molecule has 0 aromatic carbocycles. The summed E-state index contributed by atoms with van der Waals surface area (Å²) >= 11 is 0. The van der Waals surface area contributed by atoms with Gasteiger partial charge in [-0.1, -0.05) is 12.2 Å². The molecule has 0 atom stereocenters. The lowest BCUT2D eigenvalue weighted by Gasteiger charge is -1.63. The van der Waals surface area contributed by atoms with Gasteiger partial charge in [-0.25, -0.2) is 0 Å². The molecule has 0 amide bonds. The van der Waals surface area contributed by atoms with E-state index in [4.69, 9.17) is 17.1 Å². The SMILES string of the molecule is CC=CCC#N.[C-]#N. The molecule has 8 heavy (non-hydrogen) atoms. The Morgan fingerprint density at radius 1 is 1.62 bits per heavy atom. The standard InChI is InChI=1S/C5H7N.CN/c1-2-3-4-5-6;1-2/h2-3H,4H2,1H3;/q;-1. The van der Waals surface area contributed by atoms with Gasteiger partial charge in [0.15, 0.2) is 0 Å². The lowest BCUT2D eigenvalue weighted by Crippen LogP contribution is -1.49. The van der Waals surface area contributed by atoms with Gasteiger partial charge in [0.2, 0.25) is 0 Å². The van der Waals surface area contributed by atoms with Gasteiger partial charge in [0.05, 0.1) is 12.5 Å². The molecule has 0 aliphatic rings. The normalized spacial score (nSPS) is 6.75. The monoisotopic (exact) mass is 107 g/mol. The molecule has 0 saturated carbocycles. The Morgan fingerprint density at radius 2 is 2.12 bits per heavy atom. The van der Waals surface area contributed by atoms with Crippen molar-refractivity contribution in [2.75, 3.05) is 0 Å². The van der Waals surface area contributed by atoms with Crippen LogP contribution in [0.4, 0.5) is 0 Å². The lowest BCUT2D eigenvalue weighted by atomic mass is 10.4. The number of hydrogen-bond donors (Lipinski definition) is 0.